The predicted octanol–water partition coefficient (Wildman–Crippen LogP) is 5.06. The molecule has 1 atom stereocenters. The molecule has 0 bridgehead atoms. The highest BCUT2D eigenvalue weighted by Crippen LogP contribution is 2.30. The normalized spacial score (nSPS) is 12.3. The molecule has 41 heavy (non-hydrogen) atoms. The standard InChI is InChI=1S/C31H38ClN3O5S/c1-6-40-28-18-11-10-17-26(28)35(41(5,38)39)22-29(36)34(21-24-15-12-16-25(32)19-24)27(30(37)33-31(2,3)4)20-23-13-8-7-9-14-23/h7-19,27H,6,20-22H2,1-5H3,(H,33,37)/t27-/m0/s1. The quantitative estimate of drug-likeness (QED) is 0.314. The molecule has 0 heterocycles. The number of anilines is 1. The van der Waals surface area contributed by atoms with Gasteiger partial charge in [-0.1, -0.05) is 66.2 Å². The Morgan fingerprint density at radius 2 is 1.59 bits per heavy atom. The van der Waals surface area contributed by atoms with Gasteiger partial charge in [0.1, 0.15) is 18.3 Å². The molecule has 0 radical (unpaired) electrons. The minimum absolute atomic E-state index is 0.0408. The summed E-state index contributed by atoms with van der Waals surface area (Å²) >= 11 is 6.25. The molecule has 10 heteroatoms. The lowest BCUT2D eigenvalue weighted by atomic mass is 10.0. The average molecular weight is 600 g/mol. The van der Waals surface area contributed by atoms with Gasteiger partial charge in [-0.05, 0) is 63.1 Å². The second-order valence-electron chi connectivity index (χ2n) is 10.8. The average Bonchev–Trinajstić information content (AvgIpc) is 2.89. The van der Waals surface area contributed by atoms with E-state index in [0.717, 1.165) is 16.1 Å². The number of halogens is 1. The lowest BCUT2D eigenvalue weighted by Crippen LogP contribution is -2.56. The zero-order valence-corrected chi connectivity index (χ0v) is 25.7. The molecule has 1 N–H and O–H groups in total. The van der Waals surface area contributed by atoms with Crippen LogP contribution < -0.4 is 14.4 Å². The molecule has 220 valence electrons. The SMILES string of the molecule is CCOc1ccccc1N(CC(=O)N(Cc1cccc(Cl)c1)[C@@H](Cc1ccccc1)C(=O)NC(C)(C)C)S(C)(=O)=O. The number of sulfonamides is 1. The van der Waals surface area contributed by atoms with E-state index in [1.165, 1.54) is 4.90 Å². The second-order valence-corrected chi connectivity index (χ2v) is 13.1. The van der Waals surface area contributed by atoms with Crippen molar-refractivity contribution in [3.05, 3.63) is 95.0 Å². The van der Waals surface area contributed by atoms with E-state index in [-0.39, 0.29) is 24.6 Å². The molecule has 0 aliphatic rings. The molecular weight excluding hydrogens is 562 g/mol. The lowest BCUT2D eigenvalue weighted by Gasteiger charge is -2.35. The number of hydrogen-bond acceptors (Lipinski definition) is 5. The van der Waals surface area contributed by atoms with Crippen molar-refractivity contribution in [2.24, 2.45) is 0 Å². The monoisotopic (exact) mass is 599 g/mol. The molecule has 0 unspecified atom stereocenters. The van der Waals surface area contributed by atoms with Crippen molar-refractivity contribution in [3.63, 3.8) is 0 Å². The Morgan fingerprint density at radius 1 is 0.951 bits per heavy atom. The minimum Gasteiger partial charge on any atom is -0.492 e. The van der Waals surface area contributed by atoms with Crippen molar-refractivity contribution in [3.8, 4) is 5.75 Å². The van der Waals surface area contributed by atoms with Gasteiger partial charge < -0.3 is 15.0 Å². The molecule has 2 amide bonds. The first-order valence-electron chi connectivity index (χ1n) is 13.4. The molecule has 3 aromatic carbocycles. The van der Waals surface area contributed by atoms with E-state index in [1.54, 1.807) is 49.4 Å². The summed E-state index contributed by atoms with van der Waals surface area (Å²) in [5, 5.41) is 3.49. The summed E-state index contributed by atoms with van der Waals surface area (Å²) in [5.41, 5.74) is 1.23. The Labute approximate surface area is 248 Å². The number of benzene rings is 3. The van der Waals surface area contributed by atoms with Crippen LogP contribution in [0.4, 0.5) is 5.69 Å². The van der Waals surface area contributed by atoms with E-state index >= 15 is 0 Å². The smallest absolute Gasteiger partial charge is 0.244 e. The van der Waals surface area contributed by atoms with Crippen LogP contribution >= 0.6 is 11.6 Å². The van der Waals surface area contributed by atoms with Gasteiger partial charge in [0.15, 0.2) is 0 Å². The first-order chi connectivity index (χ1) is 19.3. The third-order valence-electron chi connectivity index (χ3n) is 6.12. The Balaban J connectivity index is 2.10. The van der Waals surface area contributed by atoms with Crippen LogP contribution in [-0.4, -0.2) is 56.1 Å². The number of nitrogens with one attached hydrogen (secondary N) is 1. The van der Waals surface area contributed by atoms with Crippen LogP contribution in [0.2, 0.25) is 5.02 Å². The van der Waals surface area contributed by atoms with Gasteiger partial charge in [-0.15, -0.1) is 0 Å². The van der Waals surface area contributed by atoms with Gasteiger partial charge in [-0.3, -0.25) is 13.9 Å². The highest BCUT2D eigenvalue weighted by Gasteiger charge is 2.34. The Hall–Kier alpha value is -3.56. The fraction of sp³-hybridized carbons (Fsp3) is 0.355. The van der Waals surface area contributed by atoms with Crippen LogP contribution in [0.5, 0.6) is 5.75 Å². The number of nitrogens with zero attached hydrogens (tertiary/aromatic N) is 2. The zero-order chi connectivity index (χ0) is 30.2. The molecule has 0 saturated heterocycles. The molecule has 3 rings (SSSR count). The Kier molecular flexibility index (Phi) is 10.8. The van der Waals surface area contributed by atoms with Crippen molar-refractivity contribution in [2.45, 2.75) is 52.2 Å². The summed E-state index contributed by atoms with van der Waals surface area (Å²) in [7, 11) is -3.92. The van der Waals surface area contributed by atoms with Crippen LogP contribution in [0.15, 0.2) is 78.9 Å². The van der Waals surface area contributed by atoms with Crippen molar-refractivity contribution in [1.29, 1.82) is 0 Å². The van der Waals surface area contributed by atoms with E-state index in [9.17, 15) is 18.0 Å². The molecule has 8 nitrogen and oxygen atoms in total. The van der Waals surface area contributed by atoms with Gasteiger partial charge in [-0.25, -0.2) is 8.42 Å². The highest BCUT2D eigenvalue weighted by atomic mass is 35.5. The molecule has 3 aromatic rings. The number of para-hydroxylation sites is 2. The van der Waals surface area contributed by atoms with Gasteiger partial charge in [0.05, 0.1) is 18.6 Å². The fourth-order valence-corrected chi connectivity index (χ4v) is 5.44. The molecule has 0 spiro atoms. The van der Waals surface area contributed by atoms with Crippen molar-refractivity contribution >= 4 is 39.1 Å². The van der Waals surface area contributed by atoms with Crippen molar-refractivity contribution < 1.29 is 22.7 Å². The maximum atomic E-state index is 14.2. The van der Waals surface area contributed by atoms with Crippen LogP contribution in [-0.2, 0) is 32.6 Å². The Bertz CT molecular complexity index is 1440. The van der Waals surface area contributed by atoms with Crippen molar-refractivity contribution in [1.82, 2.24) is 10.2 Å². The largest absolute Gasteiger partial charge is 0.492 e. The van der Waals surface area contributed by atoms with E-state index in [0.29, 0.717) is 22.9 Å². The van der Waals surface area contributed by atoms with E-state index in [2.05, 4.69) is 5.32 Å². The van der Waals surface area contributed by atoms with Crippen LogP contribution in [0.1, 0.15) is 38.8 Å². The first kappa shape index (κ1) is 32.0. The minimum atomic E-state index is -3.92. The van der Waals surface area contributed by atoms with Gasteiger partial charge in [0.25, 0.3) is 0 Å². The fourth-order valence-electron chi connectivity index (χ4n) is 4.37. The summed E-state index contributed by atoms with van der Waals surface area (Å²) in [6.45, 7) is 7.21. The van der Waals surface area contributed by atoms with Crippen LogP contribution in [0.3, 0.4) is 0 Å². The topological polar surface area (TPSA) is 96.0 Å². The summed E-state index contributed by atoms with van der Waals surface area (Å²) in [6, 6.07) is 22.1. The zero-order valence-electron chi connectivity index (χ0n) is 24.1. The second kappa shape index (κ2) is 13.9. The van der Waals surface area contributed by atoms with Crippen LogP contribution in [0.25, 0.3) is 0 Å². The molecule has 0 aliphatic carbocycles. The number of hydrogen-bond donors (Lipinski definition) is 1. The van der Waals surface area contributed by atoms with E-state index in [4.69, 9.17) is 16.3 Å². The maximum absolute atomic E-state index is 14.2. The first-order valence-corrected chi connectivity index (χ1v) is 15.6. The van der Waals surface area contributed by atoms with Gasteiger partial charge in [0.2, 0.25) is 21.8 Å². The van der Waals surface area contributed by atoms with Gasteiger partial charge in [-0.2, -0.15) is 0 Å². The predicted molar refractivity (Wildman–Crippen MR) is 164 cm³/mol. The Morgan fingerprint density at radius 3 is 2.20 bits per heavy atom. The third-order valence-corrected chi connectivity index (χ3v) is 7.49. The summed E-state index contributed by atoms with van der Waals surface area (Å²) < 4.78 is 32.8. The number of carbonyl (C=O) groups excluding carboxylic acids is 2. The molecule has 0 aliphatic heterocycles. The summed E-state index contributed by atoms with van der Waals surface area (Å²) in [6.07, 6.45) is 1.27. The lowest BCUT2D eigenvalue weighted by molar-refractivity contribution is -0.140. The summed E-state index contributed by atoms with van der Waals surface area (Å²) in [4.78, 5) is 29.4. The molecule has 0 saturated carbocycles. The number of amides is 2. The maximum Gasteiger partial charge on any atom is 0.244 e. The highest BCUT2D eigenvalue weighted by molar-refractivity contribution is 7.92. The van der Waals surface area contributed by atoms with Crippen molar-refractivity contribution in [2.75, 3.05) is 23.7 Å². The summed E-state index contributed by atoms with van der Waals surface area (Å²) in [5.74, 6) is -0.565. The van der Waals surface area contributed by atoms with Crippen LogP contribution in [0, 0.1) is 0 Å². The van der Waals surface area contributed by atoms with Gasteiger partial charge >= 0.3 is 0 Å². The number of rotatable bonds is 12. The van der Waals surface area contributed by atoms with E-state index in [1.807, 2.05) is 57.2 Å². The third kappa shape index (κ3) is 9.50. The van der Waals surface area contributed by atoms with Gasteiger partial charge in [0, 0.05) is 23.5 Å². The van der Waals surface area contributed by atoms with E-state index < -0.39 is 34.1 Å². The molecule has 0 aromatic heterocycles. The molecule has 0 fully saturated rings. The number of ether oxygens (including phenoxy) is 1. The number of carbonyl (C=O) groups is 2. The molecular formula is C31H38ClN3O5S.